The van der Waals surface area contributed by atoms with Gasteiger partial charge >= 0.3 is 0 Å². The number of aryl methyl sites for hydroxylation is 1. The number of rotatable bonds is 6. The number of nitrogens with zero attached hydrogens (tertiary/aromatic N) is 3. The lowest BCUT2D eigenvalue weighted by Crippen LogP contribution is -2.38. The molecule has 0 spiro atoms. The highest BCUT2D eigenvalue weighted by molar-refractivity contribution is 5.75. The Labute approximate surface area is 107 Å². The lowest BCUT2D eigenvalue weighted by atomic mass is 10.3. The molecule has 7 nitrogen and oxygen atoms in total. The van der Waals surface area contributed by atoms with Crippen molar-refractivity contribution in [1.82, 2.24) is 14.9 Å². The van der Waals surface area contributed by atoms with Gasteiger partial charge in [-0.15, -0.1) is 0 Å². The van der Waals surface area contributed by atoms with Crippen LogP contribution >= 0.6 is 0 Å². The monoisotopic (exact) mass is 252 g/mol. The van der Waals surface area contributed by atoms with Crippen LogP contribution in [0.15, 0.2) is 6.07 Å². The molecule has 1 aromatic heterocycles. The standard InChI is InChI=1S/C11H20N6O/c1-7(2)17(5-9(12)18)6-11-14-8(3)4-10(15-11)16-13/h4,7H,5-6,13H2,1-3H3,(H2,12,18)(H,14,15,16). The number of hydrogen-bond donors (Lipinski definition) is 3. The van der Waals surface area contributed by atoms with Crippen molar-refractivity contribution in [2.45, 2.75) is 33.4 Å². The van der Waals surface area contributed by atoms with E-state index in [0.717, 1.165) is 5.69 Å². The van der Waals surface area contributed by atoms with E-state index in [4.69, 9.17) is 11.6 Å². The summed E-state index contributed by atoms with van der Waals surface area (Å²) >= 11 is 0. The third-order valence-corrected chi connectivity index (χ3v) is 2.48. The van der Waals surface area contributed by atoms with E-state index < -0.39 is 0 Å². The minimum absolute atomic E-state index is 0.177. The molecule has 18 heavy (non-hydrogen) atoms. The maximum Gasteiger partial charge on any atom is 0.231 e. The molecule has 0 aliphatic heterocycles. The van der Waals surface area contributed by atoms with Crippen LogP contribution < -0.4 is 17.0 Å². The maximum absolute atomic E-state index is 11.0. The highest BCUT2D eigenvalue weighted by Crippen LogP contribution is 2.08. The highest BCUT2D eigenvalue weighted by Gasteiger charge is 2.14. The summed E-state index contributed by atoms with van der Waals surface area (Å²) in [5.41, 5.74) is 8.52. The molecule has 0 unspecified atom stereocenters. The number of carbonyl (C=O) groups excluding carboxylic acids is 1. The molecule has 1 rings (SSSR count). The molecule has 1 amide bonds. The summed E-state index contributed by atoms with van der Waals surface area (Å²) in [6, 6.07) is 1.92. The van der Waals surface area contributed by atoms with Crippen LogP contribution in [-0.4, -0.2) is 33.4 Å². The Morgan fingerprint density at radius 3 is 2.67 bits per heavy atom. The minimum Gasteiger partial charge on any atom is -0.369 e. The fraction of sp³-hybridized carbons (Fsp3) is 0.545. The van der Waals surface area contributed by atoms with Crippen molar-refractivity contribution >= 4 is 11.7 Å². The van der Waals surface area contributed by atoms with E-state index in [-0.39, 0.29) is 18.5 Å². The zero-order valence-corrected chi connectivity index (χ0v) is 11.0. The van der Waals surface area contributed by atoms with Gasteiger partial charge < -0.3 is 11.2 Å². The number of amides is 1. The Bertz CT molecular complexity index is 420. The second kappa shape index (κ2) is 6.27. The molecular formula is C11H20N6O. The van der Waals surface area contributed by atoms with Crippen molar-refractivity contribution in [3.05, 3.63) is 17.6 Å². The molecule has 0 aliphatic rings. The quantitative estimate of drug-likeness (QED) is 0.476. The lowest BCUT2D eigenvalue weighted by Gasteiger charge is -2.24. The van der Waals surface area contributed by atoms with Crippen LogP contribution in [0.4, 0.5) is 5.82 Å². The van der Waals surface area contributed by atoms with Crippen molar-refractivity contribution < 1.29 is 4.79 Å². The van der Waals surface area contributed by atoms with E-state index in [9.17, 15) is 4.79 Å². The van der Waals surface area contributed by atoms with Crippen molar-refractivity contribution in [2.24, 2.45) is 11.6 Å². The molecule has 100 valence electrons. The number of anilines is 1. The second-order valence-corrected chi connectivity index (χ2v) is 4.42. The third-order valence-electron chi connectivity index (χ3n) is 2.48. The SMILES string of the molecule is Cc1cc(NN)nc(CN(CC(N)=O)C(C)C)n1. The summed E-state index contributed by atoms with van der Waals surface area (Å²) in [6.07, 6.45) is 0. The molecule has 1 aromatic rings. The van der Waals surface area contributed by atoms with Gasteiger partial charge in [-0.05, 0) is 20.8 Å². The highest BCUT2D eigenvalue weighted by atomic mass is 16.1. The Morgan fingerprint density at radius 2 is 2.17 bits per heavy atom. The average molecular weight is 252 g/mol. The Balaban J connectivity index is 2.86. The van der Waals surface area contributed by atoms with Gasteiger partial charge in [-0.2, -0.15) is 0 Å². The van der Waals surface area contributed by atoms with Gasteiger partial charge in [0.1, 0.15) is 11.6 Å². The van der Waals surface area contributed by atoms with Gasteiger partial charge in [0, 0.05) is 17.8 Å². The number of hydrazine groups is 1. The van der Waals surface area contributed by atoms with Gasteiger partial charge in [-0.25, -0.2) is 15.8 Å². The zero-order valence-electron chi connectivity index (χ0n) is 11.0. The van der Waals surface area contributed by atoms with Crippen LogP contribution in [0.1, 0.15) is 25.4 Å². The molecule has 0 fully saturated rings. The first-order valence-electron chi connectivity index (χ1n) is 5.76. The molecule has 0 aromatic carbocycles. The molecule has 0 bridgehead atoms. The molecule has 0 saturated carbocycles. The predicted octanol–water partition coefficient (Wildman–Crippen LogP) is -0.234. The van der Waals surface area contributed by atoms with Crippen molar-refractivity contribution in [2.75, 3.05) is 12.0 Å². The van der Waals surface area contributed by atoms with Crippen LogP contribution in [-0.2, 0) is 11.3 Å². The number of primary amides is 1. The fourth-order valence-electron chi connectivity index (χ4n) is 1.58. The summed E-state index contributed by atoms with van der Waals surface area (Å²) in [6.45, 7) is 6.47. The number of carbonyl (C=O) groups is 1. The summed E-state index contributed by atoms with van der Waals surface area (Å²) in [5, 5.41) is 0. The first-order chi connectivity index (χ1) is 8.42. The van der Waals surface area contributed by atoms with E-state index in [1.165, 1.54) is 0 Å². The summed E-state index contributed by atoms with van der Waals surface area (Å²) in [7, 11) is 0. The smallest absolute Gasteiger partial charge is 0.231 e. The van der Waals surface area contributed by atoms with Crippen molar-refractivity contribution in [1.29, 1.82) is 0 Å². The fourth-order valence-corrected chi connectivity index (χ4v) is 1.58. The number of nitrogen functional groups attached to an aromatic ring is 1. The van der Waals surface area contributed by atoms with Crippen LogP contribution in [0.2, 0.25) is 0 Å². The summed E-state index contributed by atoms with van der Waals surface area (Å²) < 4.78 is 0. The van der Waals surface area contributed by atoms with Crippen LogP contribution in [0.3, 0.4) is 0 Å². The van der Waals surface area contributed by atoms with Gasteiger partial charge in [0.15, 0.2) is 0 Å². The second-order valence-electron chi connectivity index (χ2n) is 4.42. The molecule has 7 heteroatoms. The Morgan fingerprint density at radius 1 is 1.50 bits per heavy atom. The molecule has 0 radical (unpaired) electrons. The largest absolute Gasteiger partial charge is 0.369 e. The van der Waals surface area contributed by atoms with E-state index in [1.54, 1.807) is 6.07 Å². The first kappa shape index (κ1) is 14.3. The molecule has 0 atom stereocenters. The van der Waals surface area contributed by atoms with E-state index >= 15 is 0 Å². The van der Waals surface area contributed by atoms with Crippen molar-refractivity contribution in [3.8, 4) is 0 Å². The summed E-state index contributed by atoms with van der Waals surface area (Å²) in [4.78, 5) is 21.5. The number of aromatic nitrogens is 2. The Kier molecular flexibility index (Phi) is 4.99. The molecule has 0 aliphatic carbocycles. The Hall–Kier alpha value is -1.73. The van der Waals surface area contributed by atoms with Crippen molar-refractivity contribution in [3.63, 3.8) is 0 Å². The van der Waals surface area contributed by atoms with E-state index in [0.29, 0.717) is 18.2 Å². The zero-order chi connectivity index (χ0) is 13.7. The van der Waals surface area contributed by atoms with Crippen LogP contribution in [0.25, 0.3) is 0 Å². The van der Waals surface area contributed by atoms with E-state index in [1.807, 2.05) is 25.7 Å². The number of hydrogen-bond acceptors (Lipinski definition) is 6. The molecule has 5 N–H and O–H groups in total. The van der Waals surface area contributed by atoms with Crippen LogP contribution in [0.5, 0.6) is 0 Å². The molecule has 1 heterocycles. The topological polar surface area (TPSA) is 110 Å². The normalized spacial score (nSPS) is 11.0. The first-order valence-corrected chi connectivity index (χ1v) is 5.76. The van der Waals surface area contributed by atoms with E-state index in [2.05, 4.69) is 15.4 Å². The van der Waals surface area contributed by atoms with Crippen LogP contribution in [0, 0.1) is 6.92 Å². The van der Waals surface area contributed by atoms with Gasteiger partial charge in [0.05, 0.1) is 13.1 Å². The van der Waals surface area contributed by atoms with Gasteiger partial charge in [0.25, 0.3) is 0 Å². The van der Waals surface area contributed by atoms with Gasteiger partial charge in [-0.3, -0.25) is 9.69 Å². The molecule has 0 saturated heterocycles. The summed E-state index contributed by atoms with van der Waals surface area (Å²) in [5.74, 6) is 6.13. The lowest BCUT2D eigenvalue weighted by molar-refractivity contribution is -0.119. The predicted molar refractivity (Wildman–Crippen MR) is 69.3 cm³/mol. The van der Waals surface area contributed by atoms with Gasteiger partial charge in [0.2, 0.25) is 5.91 Å². The maximum atomic E-state index is 11.0. The number of nitrogens with one attached hydrogen (secondary N) is 1. The third kappa shape index (κ3) is 4.27. The minimum atomic E-state index is -0.367. The van der Waals surface area contributed by atoms with Gasteiger partial charge in [-0.1, -0.05) is 0 Å². The molecular weight excluding hydrogens is 232 g/mol. The number of nitrogens with two attached hydrogens (primary N) is 2. The average Bonchev–Trinajstić information content (AvgIpc) is 2.26.